The number of rotatable bonds is 4. The van der Waals surface area contributed by atoms with E-state index in [1.165, 1.54) is 4.57 Å². The van der Waals surface area contributed by atoms with Crippen molar-refractivity contribution in [2.45, 2.75) is 32.4 Å². The first-order chi connectivity index (χ1) is 6.08. The van der Waals surface area contributed by atoms with Crippen molar-refractivity contribution in [2.75, 3.05) is 0 Å². The number of nitrogens with zero attached hydrogens (tertiary/aromatic N) is 1. The average Bonchev–Trinajstić information content (AvgIpc) is 2.33. The number of aromatic nitrogens is 1. The van der Waals surface area contributed by atoms with Crippen LogP contribution in [0.25, 0.3) is 0 Å². The van der Waals surface area contributed by atoms with E-state index in [0.717, 1.165) is 12.0 Å². The van der Waals surface area contributed by atoms with Crippen LogP contribution in [-0.2, 0) is 13.0 Å². The van der Waals surface area contributed by atoms with Crippen LogP contribution in [0.15, 0.2) is 18.5 Å². The van der Waals surface area contributed by atoms with Gasteiger partial charge in [-0.25, -0.2) is 8.78 Å². The minimum absolute atomic E-state index is 0.0717. The number of alkyl halides is 2. The molecule has 1 unspecified atom stereocenters. The van der Waals surface area contributed by atoms with E-state index in [1.54, 1.807) is 12.4 Å². The molecule has 74 valence electrons. The Labute approximate surface area is 76.3 Å². The SMILES string of the molecule is CC(N)Cc1ccn(CC(F)F)c1. The zero-order valence-corrected chi connectivity index (χ0v) is 7.58. The molecule has 0 aliphatic heterocycles. The molecule has 0 aliphatic carbocycles. The molecule has 1 heterocycles. The second kappa shape index (κ2) is 4.37. The molecule has 1 rings (SSSR count). The van der Waals surface area contributed by atoms with E-state index in [4.69, 9.17) is 5.73 Å². The van der Waals surface area contributed by atoms with Crippen molar-refractivity contribution in [3.63, 3.8) is 0 Å². The minimum atomic E-state index is -2.30. The predicted molar refractivity (Wildman–Crippen MR) is 47.8 cm³/mol. The molecule has 13 heavy (non-hydrogen) atoms. The lowest BCUT2D eigenvalue weighted by atomic mass is 10.1. The van der Waals surface area contributed by atoms with Crippen LogP contribution in [0.4, 0.5) is 8.78 Å². The molecule has 0 radical (unpaired) electrons. The topological polar surface area (TPSA) is 30.9 Å². The minimum Gasteiger partial charge on any atom is -0.348 e. The lowest BCUT2D eigenvalue weighted by molar-refractivity contribution is 0.126. The van der Waals surface area contributed by atoms with Crippen LogP contribution in [0.2, 0.25) is 0 Å². The van der Waals surface area contributed by atoms with Gasteiger partial charge in [0, 0.05) is 18.4 Å². The first-order valence-electron chi connectivity index (χ1n) is 4.26. The van der Waals surface area contributed by atoms with Crippen molar-refractivity contribution >= 4 is 0 Å². The van der Waals surface area contributed by atoms with Gasteiger partial charge in [0.15, 0.2) is 0 Å². The second-order valence-corrected chi connectivity index (χ2v) is 3.29. The Hall–Kier alpha value is -0.900. The van der Waals surface area contributed by atoms with Crippen LogP contribution >= 0.6 is 0 Å². The van der Waals surface area contributed by atoms with E-state index in [-0.39, 0.29) is 12.6 Å². The molecular weight excluding hydrogens is 174 g/mol. The van der Waals surface area contributed by atoms with Gasteiger partial charge in [-0.1, -0.05) is 0 Å². The first kappa shape index (κ1) is 10.2. The summed E-state index contributed by atoms with van der Waals surface area (Å²) in [6.45, 7) is 1.66. The molecular formula is C9H14F2N2. The third kappa shape index (κ3) is 3.55. The van der Waals surface area contributed by atoms with Crippen LogP contribution in [0.1, 0.15) is 12.5 Å². The lowest BCUT2D eigenvalue weighted by Crippen LogP contribution is -2.17. The van der Waals surface area contributed by atoms with Crippen molar-refractivity contribution in [3.8, 4) is 0 Å². The highest BCUT2D eigenvalue weighted by molar-refractivity contribution is 5.11. The largest absolute Gasteiger partial charge is 0.348 e. The van der Waals surface area contributed by atoms with Crippen molar-refractivity contribution in [1.82, 2.24) is 4.57 Å². The summed E-state index contributed by atoms with van der Waals surface area (Å²) in [5.41, 5.74) is 6.59. The van der Waals surface area contributed by atoms with Crippen LogP contribution < -0.4 is 5.73 Å². The molecule has 2 N–H and O–H groups in total. The number of hydrogen-bond donors (Lipinski definition) is 1. The molecule has 1 aromatic rings. The molecule has 0 bridgehead atoms. The Bertz CT molecular complexity index is 231. The maximum atomic E-state index is 11.9. The van der Waals surface area contributed by atoms with Crippen molar-refractivity contribution in [2.24, 2.45) is 5.73 Å². The summed E-state index contributed by atoms with van der Waals surface area (Å²) in [7, 11) is 0. The molecule has 1 atom stereocenters. The van der Waals surface area contributed by atoms with Gasteiger partial charge in [-0.05, 0) is 25.0 Å². The van der Waals surface area contributed by atoms with Crippen LogP contribution in [0, 0.1) is 0 Å². The summed E-state index contributed by atoms with van der Waals surface area (Å²) < 4.78 is 25.4. The van der Waals surface area contributed by atoms with E-state index in [0.29, 0.717) is 0 Å². The summed E-state index contributed by atoms with van der Waals surface area (Å²) in [6.07, 6.45) is 1.81. The zero-order valence-electron chi connectivity index (χ0n) is 7.58. The molecule has 1 aromatic heterocycles. The number of hydrogen-bond acceptors (Lipinski definition) is 1. The van der Waals surface area contributed by atoms with Gasteiger partial charge < -0.3 is 10.3 Å². The summed E-state index contributed by atoms with van der Waals surface area (Å²) in [4.78, 5) is 0. The Morgan fingerprint density at radius 3 is 2.77 bits per heavy atom. The van der Waals surface area contributed by atoms with E-state index >= 15 is 0 Å². The highest BCUT2D eigenvalue weighted by Gasteiger charge is 2.05. The highest BCUT2D eigenvalue weighted by atomic mass is 19.3. The Morgan fingerprint density at radius 1 is 1.54 bits per heavy atom. The van der Waals surface area contributed by atoms with E-state index < -0.39 is 6.43 Å². The van der Waals surface area contributed by atoms with Crippen LogP contribution in [0.3, 0.4) is 0 Å². The molecule has 0 fully saturated rings. The van der Waals surface area contributed by atoms with Crippen molar-refractivity contribution in [1.29, 1.82) is 0 Å². The van der Waals surface area contributed by atoms with E-state index in [9.17, 15) is 8.78 Å². The quantitative estimate of drug-likeness (QED) is 0.765. The summed E-state index contributed by atoms with van der Waals surface area (Å²) in [6, 6.07) is 1.90. The zero-order chi connectivity index (χ0) is 9.84. The van der Waals surface area contributed by atoms with Gasteiger partial charge in [0.1, 0.15) is 0 Å². The molecule has 0 saturated heterocycles. The molecule has 0 spiro atoms. The lowest BCUT2D eigenvalue weighted by Gasteiger charge is -2.02. The molecule has 2 nitrogen and oxygen atoms in total. The smallest absolute Gasteiger partial charge is 0.256 e. The first-order valence-corrected chi connectivity index (χ1v) is 4.26. The molecule has 0 aliphatic rings. The van der Waals surface area contributed by atoms with Crippen LogP contribution in [0.5, 0.6) is 0 Å². The Kier molecular flexibility index (Phi) is 3.42. The van der Waals surface area contributed by atoms with Gasteiger partial charge >= 0.3 is 0 Å². The maximum absolute atomic E-state index is 11.9. The standard InChI is InChI=1S/C9H14F2N2/c1-7(12)4-8-2-3-13(5-8)6-9(10)11/h2-3,5,7,9H,4,6,12H2,1H3. The Balaban J connectivity index is 2.53. The van der Waals surface area contributed by atoms with Crippen LogP contribution in [-0.4, -0.2) is 17.0 Å². The van der Waals surface area contributed by atoms with Gasteiger partial charge in [0.2, 0.25) is 0 Å². The summed E-state index contributed by atoms with van der Waals surface area (Å²) in [5, 5.41) is 0. The van der Waals surface area contributed by atoms with Gasteiger partial charge in [-0.3, -0.25) is 0 Å². The molecule has 4 heteroatoms. The van der Waals surface area contributed by atoms with Gasteiger partial charge in [0.25, 0.3) is 6.43 Å². The average molecular weight is 188 g/mol. The third-order valence-electron chi connectivity index (χ3n) is 1.72. The second-order valence-electron chi connectivity index (χ2n) is 3.29. The van der Waals surface area contributed by atoms with E-state index in [1.807, 2.05) is 13.0 Å². The van der Waals surface area contributed by atoms with E-state index in [2.05, 4.69) is 0 Å². The van der Waals surface area contributed by atoms with Gasteiger partial charge in [-0.2, -0.15) is 0 Å². The normalized spacial score (nSPS) is 13.6. The number of halogens is 2. The maximum Gasteiger partial charge on any atom is 0.256 e. The van der Waals surface area contributed by atoms with Gasteiger partial charge in [0.05, 0.1) is 6.54 Å². The fraction of sp³-hybridized carbons (Fsp3) is 0.556. The summed E-state index contributed by atoms with van der Waals surface area (Å²) in [5.74, 6) is 0. The third-order valence-corrected chi connectivity index (χ3v) is 1.72. The monoisotopic (exact) mass is 188 g/mol. The fourth-order valence-electron chi connectivity index (χ4n) is 1.26. The van der Waals surface area contributed by atoms with Crippen molar-refractivity contribution in [3.05, 3.63) is 24.0 Å². The highest BCUT2D eigenvalue weighted by Crippen LogP contribution is 2.06. The molecule has 0 saturated carbocycles. The molecule has 0 amide bonds. The van der Waals surface area contributed by atoms with Crippen molar-refractivity contribution < 1.29 is 8.78 Å². The van der Waals surface area contributed by atoms with Gasteiger partial charge in [-0.15, -0.1) is 0 Å². The fourth-order valence-corrected chi connectivity index (χ4v) is 1.26. The predicted octanol–water partition coefficient (Wildman–Crippen LogP) is 1.64. The molecule has 0 aromatic carbocycles. The Morgan fingerprint density at radius 2 is 2.23 bits per heavy atom. The number of nitrogens with two attached hydrogens (primary N) is 1. The summed E-state index contributed by atoms with van der Waals surface area (Å²) >= 11 is 0.